The number of amides is 1. The van der Waals surface area contributed by atoms with E-state index in [1.54, 1.807) is 0 Å². The molecule has 1 saturated heterocycles. The predicted molar refractivity (Wildman–Crippen MR) is 102 cm³/mol. The van der Waals surface area contributed by atoms with Crippen LogP contribution in [0.1, 0.15) is 39.7 Å². The standard InChI is InChI=1S/C19H31N3O.ClH/c1-14(21-18(23)17(20)19(2,3)4)16-10-11-22(13-16)12-15-8-6-5-7-9-15;/h5-9,14,16-17H,10-13,20H2,1-4H3,(H,21,23);1H/t14?,16?,17-;/m1./s1. The van der Waals surface area contributed by atoms with Crippen molar-refractivity contribution in [1.82, 2.24) is 10.2 Å². The van der Waals surface area contributed by atoms with E-state index >= 15 is 0 Å². The van der Waals surface area contributed by atoms with Crippen molar-refractivity contribution < 1.29 is 4.79 Å². The Hall–Kier alpha value is -1.10. The van der Waals surface area contributed by atoms with E-state index in [4.69, 9.17) is 5.73 Å². The first-order valence-electron chi connectivity index (χ1n) is 8.59. The van der Waals surface area contributed by atoms with Crippen LogP contribution in [-0.2, 0) is 11.3 Å². The summed E-state index contributed by atoms with van der Waals surface area (Å²) in [5.74, 6) is 0.460. The second-order valence-electron chi connectivity index (χ2n) is 7.91. The van der Waals surface area contributed by atoms with E-state index in [2.05, 4.69) is 41.4 Å². The predicted octanol–water partition coefficient (Wildman–Crippen LogP) is 2.81. The highest BCUT2D eigenvalue weighted by Gasteiger charge is 2.32. The van der Waals surface area contributed by atoms with Gasteiger partial charge >= 0.3 is 0 Å². The molecule has 0 saturated carbocycles. The summed E-state index contributed by atoms with van der Waals surface area (Å²) in [6.07, 6.45) is 1.12. The first-order valence-corrected chi connectivity index (χ1v) is 8.59. The van der Waals surface area contributed by atoms with Crippen LogP contribution in [0.15, 0.2) is 30.3 Å². The number of carbonyl (C=O) groups is 1. The molecule has 1 aromatic rings. The van der Waals surface area contributed by atoms with E-state index in [9.17, 15) is 4.79 Å². The largest absolute Gasteiger partial charge is 0.352 e. The molecule has 3 atom stereocenters. The minimum Gasteiger partial charge on any atom is -0.352 e. The van der Waals surface area contributed by atoms with Crippen LogP contribution < -0.4 is 11.1 Å². The zero-order chi connectivity index (χ0) is 17.0. The molecule has 0 aromatic heterocycles. The lowest BCUT2D eigenvalue weighted by atomic mass is 9.86. The number of nitrogens with zero attached hydrogens (tertiary/aromatic N) is 1. The van der Waals surface area contributed by atoms with Crippen LogP contribution in [-0.4, -0.2) is 36.0 Å². The molecule has 136 valence electrons. The minimum absolute atomic E-state index is 0. The fraction of sp³-hybridized carbons (Fsp3) is 0.632. The van der Waals surface area contributed by atoms with Gasteiger partial charge in [-0.1, -0.05) is 51.1 Å². The minimum atomic E-state index is -0.466. The molecule has 0 spiro atoms. The highest BCUT2D eigenvalue weighted by atomic mass is 35.5. The van der Waals surface area contributed by atoms with Crippen LogP contribution in [0.2, 0.25) is 0 Å². The Morgan fingerprint density at radius 2 is 1.96 bits per heavy atom. The van der Waals surface area contributed by atoms with E-state index in [1.807, 2.05) is 26.8 Å². The fourth-order valence-electron chi connectivity index (χ4n) is 3.08. The monoisotopic (exact) mass is 353 g/mol. The number of halogens is 1. The summed E-state index contributed by atoms with van der Waals surface area (Å²) < 4.78 is 0. The molecule has 1 amide bonds. The van der Waals surface area contributed by atoms with Crippen molar-refractivity contribution in [2.75, 3.05) is 13.1 Å². The molecule has 1 heterocycles. The van der Waals surface area contributed by atoms with Gasteiger partial charge in [0.25, 0.3) is 0 Å². The first-order chi connectivity index (χ1) is 10.8. The van der Waals surface area contributed by atoms with Crippen LogP contribution in [0.5, 0.6) is 0 Å². The van der Waals surface area contributed by atoms with Crippen molar-refractivity contribution in [3.8, 4) is 0 Å². The van der Waals surface area contributed by atoms with Gasteiger partial charge in [-0.3, -0.25) is 9.69 Å². The Labute approximate surface area is 152 Å². The Kier molecular flexibility index (Phi) is 7.71. The highest BCUT2D eigenvalue weighted by molar-refractivity contribution is 5.85. The number of nitrogens with two attached hydrogens (primary N) is 1. The average molecular weight is 354 g/mol. The Bertz CT molecular complexity index is 515. The molecule has 24 heavy (non-hydrogen) atoms. The topological polar surface area (TPSA) is 58.4 Å². The highest BCUT2D eigenvalue weighted by Crippen LogP contribution is 2.23. The van der Waals surface area contributed by atoms with Crippen molar-refractivity contribution in [3.05, 3.63) is 35.9 Å². The van der Waals surface area contributed by atoms with Crippen LogP contribution in [0.4, 0.5) is 0 Å². The van der Waals surface area contributed by atoms with E-state index in [1.165, 1.54) is 5.56 Å². The van der Waals surface area contributed by atoms with Gasteiger partial charge in [0.1, 0.15) is 0 Å². The molecule has 1 aromatic carbocycles. The SMILES string of the molecule is CC(NC(=O)[C@@H](N)C(C)(C)C)C1CCN(Cc2ccccc2)C1.Cl. The number of carbonyl (C=O) groups excluding carboxylic acids is 1. The van der Waals surface area contributed by atoms with Crippen molar-refractivity contribution in [1.29, 1.82) is 0 Å². The number of benzene rings is 1. The van der Waals surface area contributed by atoms with Crippen LogP contribution in [0.3, 0.4) is 0 Å². The fourth-order valence-corrected chi connectivity index (χ4v) is 3.08. The average Bonchev–Trinajstić information content (AvgIpc) is 2.95. The summed E-state index contributed by atoms with van der Waals surface area (Å²) in [5.41, 5.74) is 7.19. The maximum atomic E-state index is 12.3. The third kappa shape index (κ3) is 5.76. The molecular formula is C19H32ClN3O. The number of hydrogen-bond acceptors (Lipinski definition) is 3. The smallest absolute Gasteiger partial charge is 0.237 e. The van der Waals surface area contributed by atoms with Gasteiger partial charge in [-0.15, -0.1) is 12.4 Å². The van der Waals surface area contributed by atoms with Crippen molar-refractivity contribution in [3.63, 3.8) is 0 Å². The molecule has 1 fully saturated rings. The number of likely N-dealkylation sites (tertiary alicyclic amines) is 1. The summed E-state index contributed by atoms with van der Waals surface area (Å²) in [6.45, 7) is 11.2. The summed E-state index contributed by atoms with van der Waals surface area (Å²) >= 11 is 0. The lowest BCUT2D eigenvalue weighted by molar-refractivity contribution is -0.125. The summed E-state index contributed by atoms with van der Waals surface area (Å²) in [4.78, 5) is 14.7. The van der Waals surface area contributed by atoms with Gasteiger partial charge in [-0.25, -0.2) is 0 Å². The van der Waals surface area contributed by atoms with Crippen molar-refractivity contribution >= 4 is 18.3 Å². The molecule has 4 nitrogen and oxygen atoms in total. The van der Waals surface area contributed by atoms with Gasteiger partial charge in [-0.05, 0) is 36.8 Å². The zero-order valence-corrected chi connectivity index (χ0v) is 16.1. The summed E-state index contributed by atoms with van der Waals surface area (Å²) in [5, 5.41) is 3.12. The molecule has 2 rings (SSSR count). The molecule has 1 aliphatic heterocycles. The Morgan fingerprint density at radius 1 is 1.33 bits per heavy atom. The number of hydrogen-bond donors (Lipinski definition) is 2. The van der Waals surface area contributed by atoms with Gasteiger partial charge in [0, 0.05) is 19.1 Å². The van der Waals surface area contributed by atoms with Crippen molar-refractivity contribution in [2.24, 2.45) is 17.1 Å². The van der Waals surface area contributed by atoms with Crippen molar-refractivity contribution in [2.45, 2.75) is 52.7 Å². The maximum Gasteiger partial charge on any atom is 0.237 e. The van der Waals surface area contributed by atoms with Gasteiger partial charge in [0.2, 0.25) is 5.91 Å². The van der Waals surface area contributed by atoms with E-state index in [-0.39, 0.29) is 29.8 Å². The zero-order valence-electron chi connectivity index (χ0n) is 15.3. The molecule has 2 unspecified atom stereocenters. The van der Waals surface area contributed by atoms with Gasteiger partial charge in [0.15, 0.2) is 0 Å². The van der Waals surface area contributed by atoms with Crippen LogP contribution in [0.25, 0.3) is 0 Å². The Morgan fingerprint density at radius 3 is 2.54 bits per heavy atom. The van der Waals surface area contributed by atoms with E-state index in [0.717, 1.165) is 26.1 Å². The second-order valence-corrected chi connectivity index (χ2v) is 7.91. The molecule has 0 bridgehead atoms. The molecule has 3 N–H and O–H groups in total. The second kappa shape index (κ2) is 8.84. The molecule has 5 heteroatoms. The number of rotatable bonds is 5. The molecule has 1 aliphatic rings. The third-order valence-corrected chi connectivity index (χ3v) is 4.85. The third-order valence-electron chi connectivity index (χ3n) is 4.85. The summed E-state index contributed by atoms with van der Waals surface area (Å²) in [7, 11) is 0. The van der Waals surface area contributed by atoms with Crippen LogP contribution >= 0.6 is 12.4 Å². The molecular weight excluding hydrogens is 322 g/mol. The van der Waals surface area contributed by atoms with Gasteiger partial charge in [-0.2, -0.15) is 0 Å². The lowest BCUT2D eigenvalue weighted by Gasteiger charge is -2.29. The Balaban J connectivity index is 0.00000288. The number of nitrogens with one attached hydrogen (secondary N) is 1. The van der Waals surface area contributed by atoms with Gasteiger partial charge < -0.3 is 11.1 Å². The van der Waals surface area contributed by atoms with E-state index in [0.29, 0.717) is 5.92 Å². The van der Waals surface area contributed by atoms with Gasteiger partial charge in [0.05, 0.1) is 6.04 Å². The quantitative estimate of drug-likeness (QED) is 0.855. The molecule has 0 radical (unpaired) electrons. The van der Waals surface area contributed by atoms with Crippen LogP contribution in [0, 0.1) is 11.3 Å². The first kappa shape index (κ1) is 20.9. The van der Waals surface area contributed by atoms with E-state index < -0.39 is 6.04 Å². The normalized spacial score (nSPS) is 21.0. The molecule has 0 aliphatic carbocycles. The maximum absolute atomic E-state index is 12.3. The summed E-state index contributed by atoms with van der Waals surface area (Å²) in [6, 6.07) is 10.2. The lowest BCUT2D eigenvalue weighted by Crippen LogP contribution is -2.52.